The number of hydrogen-bond donors (Lipinski definition) is 0. The molecule has 0 aliphatic rings. The summed E-state index contributed by atoms with van der Waals surface area (Å²) in [5.74, 6) is -0.118. The van der Waals surface area contributed by atoms with Crippen LogP contribution in [0.4, 0.5) is 13.2 Å². The fraction of sp³-hybridized carbons (Fsp3) is 0.400. The Hall–Kier alpha value is -0.710. The highest BCUT2D eigenvalue weighted by molar-refractivity contribution is 9.09. The van der Waals surface area contributed by atoms with Gasteiger partial charge in [-0.1, -0.05) is 33.6 Å². The Bertz CT molecular complexity index is 336. The first kappa shape index (κ1) is 12.4. The monoisotopic (exact) mass is 282 g/mol. The van der Waals surface area contributed by atoms with Crippen molar-refractivity contribution in [1.29, 1.82) is 0 Å². The van der Waals surface area contributed by atoms with E-state index in [1.807, 2.05) is 6.92 Å². The molecule has 0 aromatic heterocycles. The molecule has 0 amide bonds. The van der Waals surface area contributed by atoms with E-state index >= 15 is 0 Å². The van der Waals surface area contributed by atoms with Crippen LogP contribution in [0.1, 0.15) is 11.1 Å². The largest absolute Gasteiger partial charge is 0.573 e. The molecule has 1 aromatic carbocycles. The van der Waals surface area contributed by atoms with E-state index in [1.54, 1.807) is 12.1 Å². The van der Waals surface area contributed by atoms with E-state index in [2.05, 4.69) is 20.7 Å². The summed E-state index contributed by atoms with van der Waals surface area (Å²) >= 11 is 3.19. The normalized spacial score (nSPS) is 11.5. The Morgan fingerprint density at radius 1 is 1.33 bits per heavy atom. The van der Waals surface area contributed by atoms with E-state index in [1.165, 1.54) is 6.07 Å². The van der Waals surface area contributed by atoms with E-state index < -0.39 is 6.36 Å². The first-order chi connectivity index (χ1) is 6.92. The summed E-state index contributed by atoms with van der Waals surface area (Å²) in [6, 6.07) is 4.64. The average Bonchev–Trinajstić information content (AvgIpc) is 2.08. The van der Waals surface area contributed by atoms with Crippen LogP contribution in [0.2, 0.25) is 0 Å². The van der Waals surface area contributed by atoms with Gasteiger partial charge in [0, 0.05) is 5.33 Å². The molecule has 0 aliphatic carbocycles. The first-order valence-corrected chi connectivity index (χ1v) is 5.46. The second-order valence-corrected chi connectivity index (χ2v) is 3.89. The van der Waals surface area contributed by atoms with Gasteiger partial charge in [-0.3, -0.25) is 0 Å². The van der Waals surface area contributed by atoms with Gasteiger partial charge in [0.25, 0.3) is 0 Å². The molecule has 1 aromatic rings. The van der Waals surface area contributed by atoms with Crippen LogP contribution in [0, 0.1) is 6.92 Å². The first-order valence-electron chi connectivity index (χ1n) is 4.33. The molecular formula is C10H10BrF3O. The second-order valence-electron chi connectivity index (χ2n) is 3.10. The van der Waals surface area contributed by atoms with E-state index in [0.29, 0.717) is 17.3 Å². The second kappa shape index (κ2) is 4.88. The smallest absolute Gasteiger partial charge is 0.406 e. The molecule has 5 heteroatoms. The molecule has 0 unspecified atom stereocenters. The van der Waals surface area contributed by atoms with E-state index in [-0.39, 0.29) is 5.75 Å². The third-order valence-electron chi connectivity index (χ3n) is 1.81. The third-order valence-corrected chi connectivity index (χ3v) is 2.20. The molecule has 15 heavy (non-hydrogen) atoms. The van der Waals surface area contributed by atoms with Crippen LogP contribution in [0.3, 0.4) is 0 Å². The molecule has 0 N–H and O–H groups in total. The summed E-state index contributed by atoms with van der Waals surface area (Å²) in [7, 11) is 0. The van der Waals surface area contributed by atoms with Crippen molar-refractivity contribution >= 4 is 15.9 Å². The van der Waals surface area contributed by atoms with Crippen LogP contribution >= 0.6 is 15.9 Å². The van der Waals surface area contributed by atoms with Gasteiger partial charge in [0.1, 0.15) is 5.75 Å². The van der Waals surface area contributed by atoms with Gasteiger partial charge < -0.3 is 4.74 Å². The molecule has 0 radical (unpaired) electrons. The Balaban J connectivity index is 2.95. The fourth-order valence-electron chi connectivity index (χ4n) is 1.23. The minimum absolute atomic E-state index is 0.118. The number of alkyl halides is 4. The van der Waals surface area contributed by atoms with Gasteiger partial charge in [0.2, 0.25) is 0 Å². The maximum atomic E-state index is 12.0. The predicted molar refractivity (Wildman–Crippen MR) is 55.4 cm³/mol. The Morgan fingerprint density at radius 2 is 2.00 bits per heavy atom. The maximum Gasteiger partial charge on any atom is 0.573 e. The maximum absolute atomic E-state index is 12.0. The minimum atomic E-state index is -4.63. The van der Waals surface area contributed by atoms with Gasteiger partial charge in [-0.15, -0.1) is 13.2 Å². The van der Waals surface area contributed by atoms with Gasteiger partial charge in [0.05, 0.1) is 0 Å². The summed E-state index contributed by atoms with van der Waals surface area (Å²) in [5, 5.41) is 0.602. The van der Waals surface area contributed by atoms with Crippen molar-refractivity contribution in [3.05, 3.63) is 29.3 Å². The summed E-state index contributed by atoms with van der Waals surface area (Å²) in [6.45, 7) is 1.83. The standard InChI is InChI=1S/C10H10BrF3O/c1-7-2-3-9(15-10(12,13)14)8(6-7)4-5-11/h2-3,6H,4-5H2,1H3. The molecular weight excluding hydrogens is 273 g/mol. The van der Waals surface area contributed by atoms with Crippen LogP contribution in [0.15, 0.2) is 18.2 Å². The van der Waals surface area contributed by atoms with Crippen LogP contribution in [-0.2, 0) is 6.42 Å². The lowest BCUT2D eigenvalue weighted by Gasteiger charge is -2.13. The van der Waals surface area contributed by atoms with E-state index in [4.69, 9.17) is 0 Å². The SMILES string of the molecule is Cc1ccc(OC(F)(F)F)c(CCBr)c1. The lowest BCUT2D eigenvalue weighted by Crippen LogP contribution is -2.18. The number of halogens is 4. The lowest BCUT2D eigenvalue weighted by molar-refractivity contribution is -0.274. The van der Waals surface area contributed by atoms with Crippen LogP contribution in [0.25, 0.3) is 0 Å². The molecule has 0 saturated carbocycles. The topological polar surface area (TPSA) is 9.23 Å². The molecule has 0 aliphatic heterocycles. The van der Waals surface area contributed by atoms with Crippen LogP contribution < -0.4 is 4.74 Å². The average molecular weight is 283 g/mol. The number of hydrogen-bond acceptors (Lipinski definition) is 1. The highest BCUT2D eigenvalue weighted by atomic mass is 79.9. The van der Waals surface area contributed by atoms with Gasteiger partial charge in [-0.05, 0) is 25.0 Å². The summed E-state index contributed by atoms with van der Waals surface area (Å²) in [6.07, 6.45) is -4.12. The number of aryl methyl sites for hydroxylation is 2. The molecule has 1 nitrogen and oxygen atoms in total. The molecule has 0 spiro atoms. The van der Waals surface area contributed by atoms with Crippen molar-refractivity contribution in [2.24, 2.45) is 0 Å². The summed E-state index contributed by atoms with van der Waals surface area (Å²) in [5.41, 5.74) is 1.48. The Kier molecular flexibility index (Phi) is 4.02. The van der Waals surface area contributed by atoms with Crippen molar-refractivity contribution in [2.45, 2.75) is 19.7 Å². The quantitative estimate of drug-likeness (QED) is 0.766. The zero-order chi connectivity index (χ0) is 11.5. The van der Waals surface area contributed by atoms with Gasteiger partial charge >= 0.3 is 6.36 Å². The lowest BCUT2D eigenvalue weighted by atomic mass is 10.1. The minimum Gasteiger partial charge on any atom is -0.406 e. The molecule has 84 valence electrons. The summed E-state index contributed by atoms with van der Waals surface area (Å²) in [4.78, 5) is 0. The Labute approximate surface area is 94.4 Å². The predicted octanol–water partition coefficient (Wildman–Crippen LogP) is 3.83. The molecule has 1 rings (SSSR count). The van der Waals surface area contributed by atoms with Crippen molar-refractivity contribution in [3.8, 4) is 5.75 Å². The van der Waals surface area contributed by atoms with E-state index in [9.17, 15) is 13.2 Å². The van der Waals surface area contributed by atoms with Crippen LogP contribution in [-0.4, -0.2) is 11.7 Å². The van der Waals surface area contributed by atoms with Gasteiger partial charge in [0.15, 0.2) is 0 Å². The summed E-state index contributed by atoms with van der Waals surface area (Å²) < 4.78 is 40.0. The number of ether oxygens (including phenoxy) is 1. The molecule has 0 saturated heterocycles. The molecule has 0 atom stereocenters. The number of rotatable bonds is 3. The van der Waals surface area contributed by atoms with E-state index in [0.717, 1.165) is 5.56 Å². The number of benzene rings is 1. The van der Waals surface area contributed by atoms with Crippen LogP contribution in [0.5, 0.6) is 5.75 Å². The zero-order valence-electron chi connectivity index (χ0n) is 8.07. The van der Waals surface area contributed by atoms with Crippen molar-refractivity contribution in [1.82, 2.24) is 0 Å². The molecule has 0 fully saturated rings. The zero-order valence-corrected chi connectivity index (χ0v) is 9.65. The Morgan fingerprint density at radius 3 is 2.53 bits per heavy atom. The van der Waals surface area contributed by atoms with Gasteiger partial charge in [-0.2, -0.15) is 0 Å². The third kappa shape index (κ3) is 4.11. The van der Waals surface area contributed by atoms with Gasteiger partial charge in [-0.25, -0.2) is 0 Å². The van der Waals surface area contributed by atoms with Crippen molar-refractivity contribution < 1.29 is 17.9 Å². The highest BCUT2D eigenvalue weighted by Gasteiger charge is 2.31. The molecule has 0 bridgehead atoms. The fourth-order valence-corrected chi connectivity index (χ4v) is 1.66. The molecule has 0 heterocycles. The van der Waals surface area contributed by atoms with Crippen molar-refractivity contribution in [2.75, 3.05) is 5.33 Å². The highest BCUT2D eigenvalue weighted by Crippen LogP contribution is 2.27. The van der Waals surface area contributed by atoms with Crippen molar-refractivity contribution in [3.63, 3.8) is 0 Å².